The summed E-state index contributed by atoms with van der Waals surface area (Å²) in [5.41, 5.74) is 0.0436. The van der Waals surface area contributed by atoms with E-state index in [-0.39, 0.29) is 18.2 Å². The Bertz CT molecular complexity index is 985. The number of hydrogen-bond acceptors (Lipinski definition) is 8. The molecule has 0 bridgehead atoms. The molecule has 0 radical (unpaired) electrons. The van der Waals surface area contributed by atoms with Crippen molar-refractivity contribution in [2.75, 3.05) is 45.7 Å². The molecule has 1 N–H and O–H groups in total. The predicted octanol–water partition coefficient (Wildman–Crippen LogP) is 0.533. The van der Waals surface area contributed by atoms with E-state index in [2.05, 4.69) is 10.2 Å². The standard InChI is InChI=1S/C21H25N3O6/c1-13-17(19(26)18(13)25)22-16(20(27)29-3)12-14-4-6-15(7-5-14)30-21(28)24-10-8-23(2)9-11-24/h4-7,16,22H,8-12H2,1-3H3. The Kier molecular flexibility index (Phi) is 6.51. The van der Waals surface area contributed by atoms with Crippen molar-refractivity contribution in [3.05, 3.63) is 55.8 Å². The highest BCUT2D eigenvalue weighted by Gasteiger charge is 2.25. The summed E-state index contributed by atoms with van der Waals surface area (Å²) < 4.78 is 10.2. The van der Waals surface area contributed by atoms with Gasteiger partial charge in [0.1, 0.15) is 11.8 Å². The molecule has 1 heterocycles. The molecule has 0 saturated carbocycles. The number of rotatable bonds is 6. The van der Waals surface area contributed by atoms with Crippen molar-refractivity contribution in [2.45, 2.75) is 19.4 Å². The molecule has 1 aliphatic rings. The van der Waals surface area contributed by atoms with Crippen molar-refractivity contribution in [3.8, 4) is 5.75 Å². The van der Waals surface area contributed by atoms with E-state index in [4.69, 9.17) is 9.47 Å². The topological polar surface area (TPSA) is 105 Å². The monoisotopic (exact) mass is 415 g/mol. The number of ether oxygens (including phenoxy) is 2. The van der Waals surface area contributed by atoms with Gasteiger partial charge in [-0.25, -0.2) is 9.59 Å². The van der Waals surface area contributed by atoms with E-state index in [0.29, 0.717) is 24.4 Å². The fourth-order valence-corrected chi connectivity index (χ4v) is 3.27. The highest BCUT2D eigenvalue weighted by Crippen LogP contribution is 2.17. The molecule has 1 fully saturated rings. The maximum Gasteiger partial charge on any atom is 0.415 e. The molecule has 2 aromatic rings. The van der Waals surface area contributed by atoms with Crippen LogP contribution < -0.4 is 20.9 Å². The van der Waals surface area contributed by atoms with E-state index >= 15 is 0 Å². The molecular weight excluding hydrogens is 390 g/mol. The van der Waals surface area contributed by atoms with Gasteiger partial charge in [0.2, 0.25) is 10.9 Å². The van der Waals surface area contributed by atoms with Crippen LogP contribution in [0.15, 0.2) is 33.9 Å². The average molecular weight is 415 g/mol. The number of piperazine rings is 1. The van der Waals surface area contributed by atoms with Crippen molar-refractivity contribution in [1.29, 1.82) is 0 Å². The van der Waals surface area contributed by atoms with Gasteiger partial charge in [-0.2, -0.15) is 0 Å². The van der Waals surface area contributed by atoms with Crippen molar-refractivity contribution >= 4 is 17.7 Å². The Labute approximate surface area is 173 Å². The molecule has 160 valence electrons. The number of methoxy groups -OCH3 is 1. The van der Waals surface area contributed by atoms with Gasteiger partial charge in [-0.15, -0.1) is 0 Å². The van der Waals surface area contributed by atoms with Crippen LogP contribution in [0.1, 0.15) is 11.1 Å². The van der Waals surface area contributed by atoms with Crippen molar-refractivity contribution in [2.24, 2.45) is 0 Å². The molecule has 1 amide bonds. The SMILES string of the molecule is COC(=O)C(Cc1ccc(OC(=O)N2CCN(C)CC2)cc1)Nc1c(C)c(=O)c1=O. The molecule has 1 saturated heterocycles. The molecular formula is C21H25N3O6. The number of esters is 1. The smallest absolute Gasteiger partial charge is 0.415 e. The number of carbonyl (C=O) groups excluding carboxylic acids is 2. The Balaban J connectivity index is 1.62. The van der Waals surface area contributed by atoms with Crippen LogP contribution in [0.25, 0.3) is 0 Å². The maximum absolute atomic E-state index is 12.3. The number of amides is 1. The van der Waals surface area contributed by atoms with Gasteiger partial charge in [0.05, 0.1) is 12.8 Å². The van der Waals surface area contributed by atoms with Gasteiger partial charge in [-0.1, -0.05) is 12.1 Å². The minimum Gasteiger partial charge on any atom is -0.467 e. The van der Waals surface area contributed by atoms with Gasteiger partial charge >= 0.3 is 12.1 Å². The van der Waals surface area contributed by atoms with Crippen LogP contribution in [0.2, 0.25) is 0 Å². The Morgan fingerprint density at radius 1 is 1.07 bits per heavy atom. The van der Waals surface area contributed by atoms with E-state index in [9.17, 15) is 19.2 Å². The van der Waals surface area contributed by atoms with Crippen molar-refractivity contribution in [3.63, 3.8) is 0 Å². The van der Waals surface area contributed by atoms with Gasteiger partial charge in [-0.05, 0) is 31.7 Å². The minimum atomic E-state index is -0.823. The van der Waals surface area contributed by atoms with Crippen LogP contribution in [0, 0.1) is 6.92 Å². The summed E-state index contributed by atoms with van der Waals surface area (Å²) in [6.07, 6.45) is -0.155. The molecule has 2 aromatic carbocycles. The van der Waals surface area contributed by atoms with E-state index < -0.39 is 22.9 Å². The zero-order valence-corrected chi connectivity index (χ0v) is 17.3. The van der Waals surface area contributed by atoms with E-state index in [1.807, 2.05) is 7.05 Å². The summed E-state index contributed by atoms with van der Waals surface area (Å²) in [6, 6.07) is 5.95. The quantitative estimate of drug-likeness (QED) is 0.538. The lowest BCUT2D eigenvalue weighted by Gasteiger charge is -2.31. The van der Waals surface area contributed by atoms with Gasteiger partial charge < -0.3 is 24.6 Å². The second-order valence-corrected chi connectivity index (χ2v) is 7.38. The normalized spacial score (nSPS) is 15.6. The van der Waals surface area contributed by atoms with Crippen LogP contribution >= 0.6 is 0 Å². The first kappa shape index (κ1) is 21.5. The number of likely N-dealkylation sites (N-methyl/N-ethyl adjacent to an activating group) is 1. The molecule has 1 unspecified atom stereocenters. The first-order valence-electron chi connectivity index (χ1n) is 9.68. The van der Waals surface area contributed by atoms with Crippen LogP contribution in [0.4, 0.5) is 10.5 Å². The molecule has 9 heteroatoms. The van der Waals surface area contributed by atoms with Crippen molar-refractivity contribution < 1.29 is 19.1 Å². The number of nitrogens with one attached hydrogen (secondary N) is 1. The summed E-state index contributed by atoms with van der Waals surface area (Å²) in [5, 5.41) is 2.81. The lowest BCUT2D eigenvalue weighted by Crippen LogP contribution is -2.48. The highest BCUT2D eigenvalue weighted by atomic mass is 16.6. The van der Waals surface area contributed by atoms with Crippen LogP contribution in [0.5, 0.6) is 5.75 Å². The zero-order chi connectivity index (χ0) is 21.8. The number of carbonyl (C=O) groups is 2. The van der Waals surface area contributed by atoms with E-state index in [1.54, 1.807) is 29.2 Å². The number of hydrogen-bond donors (Lipinski definition) is 1. The fourth-order valence-electron chi connectivity index (χ4n) is 3.27. The maximum atomic E-state index is 12.3. The first-order chi connectivity index (χ1) is 14.3. The van der Waals surface area contributed by atoms with Crippen LogP contribution in [-0.2, 0) is 16.0 Å². The third kappa shape index (κ3) is 4.68. The average Bonchev–Trinajstić information content (AvgIpc) is 2.76. The van der Waals surface area contributed by atoms with E-state index in [1.165, 1.54) is 14.0 Å². The lowest BCUT2D eigenvalue weighted by atomic mass is 10.0. The van der Waals surface area contributed by atoms with Crippen LogP contribution in [0.3, 0.4) is 0 Å². The summed E-state index contributed by atoms with van der Waals surface area (Å²) in [5.74, 6) is -0.142. The zero-order valence-electron chi connectivity index (χ0n) is 17.3. The molecule has 9 nitrogen and oxygen atoms in total. The number of benzene rings is 1. The second-order valence-electron chi connectivity index (χ2n) is 7.38. The third-order valence-electron chi connectivity index (χ3n) is 5.28. The molecule has 0 aliphatic carbocycles. The first-order valence-corrected chi connectivity index (χ1v) is 9.68. The molecule has 3 rings (SSSR count). The van der Waals surface area contributed by atoms with Gasteiger partial charge in [-0.3, -0.25) is 9.59 Å². The fraction of sp³-hybridized carbons (Fsp3) is 0.429. The molecule has 1 aliphatic heterocycles. The second kappa shape index (κ2) is 9.08. The van der Waals surface area contributed by atoms with E-state index in [0.717, 1.165) is 18.7 Å². The largest absolute Gasteiger partial charge is 0.467 e. The van der Waals surface area contributed by atoms with Crippen LogP contribution in [-0.4, -0.2) is 68.2 Å². The Morgan fingerprint density at radius 2 is 1.70 bits per heavy atom. The summed E-state index contributed by atoms with van der Waals surface area (Å²) in [4.78, 5) is 51.3. The number of nitrogens with zero attached hydrogens (tertiary/aromatic N) is 2. The number of anilines is 1. The molecule has 1 atom stereocenters. The third-order valence-corrected chi connectivity index (χ3v) is 5.28. The molecule has 0 aromatic heterocycles. The lowest BCUT2D eigenvalue weighted by molar-refractivity contribution is -0.141. The Hall–Kier alpha value is -3.20. The molecule has 0 spiro atoms. The van der Waals surface area contributed by atoms with Gasteiger partial charge in [0.25, 0.3) is 0 Å². The predicted molar refractivity (Wildman–Crippen MR) is 111 cm³/mol. The summed E-state index contributed by atoms with van der Waals surface area (Å²) in [7, 11) is 3.27. The highest BCUT2D eigenvalue weighted by molar-refractivity contribution is 5.80. The Morgan fingerprint density at radius 3 is 2.27 bits per heavy atom. The molecule has 30 heavy (non-hydrogen) atoms. The summed E-state index contributed by atoms with van der Waals surface area (Å²) in [6.45, 7) is 4.39. The van der Waals surface area contributed by atoms with Gasteiger partial charge in [0, 0.05) is 38.2 Å². The van der Waals surface area contributed by atoms with Gasteiger partial charge in [0.15, 0.2) is 0 Å². The minimum absolute atomic E-state index is 0.146. The summed E-state index contributed by atoms with van der Waals surface area (Å²) >= 11 is 0. The van der Waals surface area contributed by atoms with Crippen molar-refractivity contribution in [1.82, 2.24) is 9.80 Å².